The minimum atomic E-state index is -0.849. The molecule has 0 saturated carbocycles. The first-order valence-corrected chi connectivity index (χ1v) is 23.0. The molecule has 6 nitrogen and oxygen atoms in total. The standard InChI is InChI=1S/C46H89NO5/c1-3-5-7-9-11-13-14-16-20-24-28-32-36-40-46(51)52-41-37-33-29-25-21-18-15-17-19-23-27-31-35-39-45(50)47-43(42-48)44(49)38-34-30-26-22-12-10-8-6-4-2/h34,38,43-44,48-49H,3-33,35-37,39-42H2,1-2H3,(H,47,50)/b38-34+. The molecule has 0 aliphatic heterocycles. The average Bonchev–Trinajstić information content (AvgIpc) is 3.14. The summed E-state index contributed by atoms with van der Waals surface area (Å²) in [6, 6.07) is -0.633. The van der Waals surface area contributed by atoms with Crippen molar-refractivity contribution >= 4 is 11.9 Å². The molecule has 0 fully saturated rings. The maximum absolute atomic E-state index is 12.3. The van der Waals surface area contributed by atoms with Gasteiger partial charge < -0.3 is 20.3 Å². The highest BCUT2D eigenvalue weighted by Gasteiger charge is 2.18. The highest BCUT2D eigenvalue weighted by molar-refractivity contribution is 5.76. The van der Waals surface area contributed by atoms with E-state index < -0.39 is 12.1 Å². The SMILES string of the molecule is CCCCCCCCC/C=C/C(O)C(CO)NC(=O)CCCCCCCCCCCCCCCOC(=O)CCCCCCCCCCCCCCC. The molecule has 0 aromatic carbocycles. The predicted octanol–water partition coefficient (Wildman–Crippen LogP) is 13.0. The maximum Gasteiger partial charge on any atom is 0.305 e. The van der Waals surface area contributed by atoms with Gasteiger partial charge >= 0.3 is 5.97 Å². The second kappa shape index (κ2) is 42.3. The molecule has 0 bridgehead atoms. The first-order valence-electron chi connectivity index (χ1n) is 23.0. The third-order valence-electron chi connectivity index (χ3n) is 10.6. The van der Waals surface area contributed by atoms with Gasteiger partial charge in [0.15, 0.2) is 0 Å². The van der Waals surface area contributed by atoms with Crippen molar-refractivity contribution in [3.05, 3.63) is 12.2 Å². The fourth-order valence-corrected chi connectivity index (χ4v) is 6.98. The van der Waals surface area contributed by atoms with Gasteiger partial charge in [-0.2, -0.15) is 0 Å². The van der Waals surface area contributed by atoms with E-state index in [-0.39, 0.29) is 18.5 Å². The molecule has 0 aliphatic rings. The van der Waals surface area contributed by atoms with Crippen molar-refractivity contribution in [3.8, 4) is 0 Å². The monoisotopic (exact) mass is 736 g/mol. The van der Waals surface area contributed by atoms with Crippen molar-refractivity contribution in [1.82, 2.24) is 5.32 Å². The molecule has 308 valence electrons. The number of allylic oxidation sites excluding steroid dienone is 1. The Morgan fingerprint density at radius 1 is 0.519 bits per heavy atom. The van der Waals surface area contributed by atoms with E-state index in [1.165, 1.54) is 161 Å². The van der Waals surface area contributed by atoms with Crippen LogP contribution >= 0.6 is 0 Å². The smallest absolute Gasteiger partial charge is 0.305 e. The second-order valence-electron chi connectivity index (χ2n) is 15.7. The Morgan fingerprint density at radius 3 is 1.31 bits per heavy atom. The average molecular weight is 736 g/mol. The molecular formula is C46H89NO5. The van der Waals surface area contributed by atoms with E-state index in [2.05, 4.69) is 19.2 Å². The largest absolute Gasteiger partial charge is 0.466 e. The Labute approximate surface area is 323 Å². The number of carbonyl (C=O) groups is 2. The Balaban J connectivity index is 3.45. The van der Waals surface area contributed by atoms with Crippen LogP contribution in [0.1, 0.15) is 245 Å². The molecule has 0 rings (SSSR count). The van der Waals surface area contributed by atoms with Gasteiger partial charge in [0.25, 0.3) is 0 Å². The van der Waals surface area contributed by atoms with E-state index in [0.717, 1.165) is 57.8 Å². The normalized spacial score (nSPS) is 12.8. The zero-order chi connectivity index (χ0) is 38.0. The summed E-state index contributed by atoms with van der Waals surface area (Å²) in [7, 11) is 0. The topological polar surface area (TPSA) is 95.9 Å². The van der Waals surface area contributed by atoms with E-state index in [0.29, 0.717) is 19.4 Å². The minimum absolute atomic E-state index is 0.00613. The molecule has 0 saturated heterocycles. The summed E-state index contributed by atoms with van der Waals surface area (Å²) in [6.07, 6.45) is 46.3. The van der Waals surface area contributed by atoms with E-state index in [1.807, 2.05) is 6.08 Å². The Hall–Kier alpha value is -1.40. The molecule has 1 amide bonds. The number of nitrogens with one attached hydrogen (secondary N) is 1. The van der Waals surface area contributed by atoms with Gasteiger partial charge in [-0.05, 0) is 32.1 Å². The van der Waals surface area contributed by atoms with Crippen LogP contribution in [0.5, 0.6) is 0 Å². The number of aliphatic hydroxyl groups excluding tert-OH is 2. The number of rotatable bonds is 42. The highest BCUT2D eigenvalue weighted by atomic mass is 16.5. The lowest BCUT2D eigenvalue weighted by molar-refractivity contribution is -0.143. The summed E-state index contributed by atoms with van der Waals surface area (Å²) in [6.45, 7) is 4.84. The van der Waals surface area contributed by atoms with Crippen molar-refractivity contribution in [1.29, 1.82) is 0 Å². The molecule has 0 spiro atoms. The van der Waals surface area contributed by atoms with Gasteiger partial charge in [0.2, 0.25) is 5.91 Å². The maximum atomic E-state index is 12.3. The van der Waals surface area contributed by atoms with E-state index in [1.54, 1.807) is 6.08 Å². The fraction of sp³-hybridized carbons (Fsp3) is 0.913. The molecule has 0 aromatic rings. The van der Waals surface area contributed by atoms with E-state index >= 15 is 0 Å². The van der Waals surface area contributed by atoms with Gasteiger partial charge in [0.05, 0.1) is 25.4 Å². The lowest BCUT2D eigenvalue weighted by Gasteiger charge is -2.20. The summed E-state index contributed by atoms with van der Waals surface area (Å²) in [5.74, 6) is -0.0896. The number of aliphatic hydroxyl groups is 2. The zero-order valence-electron chi connectivity index (χ0n) is 34.8. The minimum Gasteiger partial charge on any atom is -0.466 e. The first-order chi connectivity index (χ1) is 25.5. The van der Waals surface area contributed by atoms with Crippen LogP contribution in [-0.2, 0) is 14.3 Å². The van der Waals surface area contributed by atoms with Gasteiger partial charge in [-0.25, -0.2) is 0 Å². The van der Waals surface area contributed by atoms with Gasteiger partial charge in [-0.3, -0.25) is 9.59 Å². The summed E-state index contributed by atoms with van der Waals surface area (Å²) in [5, 5.41) is 22.8. The number of unbranched alkanes of at least 4 members (excludes halogenated alkanes) is 31. The predicted molar refractivity (Wildman–Crippen MR) is 223 cm³/mol. The van der Waals surface area contributed by atoms with E-state index in [9.17, 15) is 19.8 Å². The van der Waals surface area contributed by atoms with Crippen molar-refractivity contribution in [3.63, 3.8) is 0 Å². The lowest BCUT2D eigenvalue weighted by atomic mass is 10.0. The molecular weight excluding hydrogens is 647 g/mol. The summed E-state index contributed by atoms with van der Waals surface area (Å²) in [4.78, 5) is 24.3. The molecule has 0 radical (unpaired) electrons. The van der Waals surface area contributed by atoms with Gasteiger partial charge in [-0.15, -0.1) is 0 Å². The summed E-state index contributed by atoms with van der Waals surface area (Å²) < 4.78 is 5.45. The molecule has 0 aliphatic carbocycles. The molecule has 52 heavy (non-hydrogen) atoms. The Morgan fingerprint density at radius 2 is 0.885 bits per heavy atom. The summed E-state index contributed by atoms with van der Waals surface area (Å²) >= 11 is 0. The number of carbonyl (C=O) groups excluding carboxylic acids is 2. The number of hydrogen-bond donors (Lipinski definition) is 3. The molecule has 0 aromatic heterocycles. The zero-order valence-corrected chi connectivity index (χ0v) is 34.8. The van der Waals surface area contributed by atoms with Crippen LogP contribution in [0.4, 0.5) is 0 Å². The third-order valence-corrected chi connectivity index (χ3v) is 10.6. The van der Waals surface area contributed by atoms with Crippen molar-refractivity contribution in [2.24, 2.45) is 0 Å². The second-order valence-corrected chi connectivity index (χ2v) is 15.7. The molecule has 3 N–H and O–H groups in total. The molecule has 2 atom stereocenters. The summed E-state index contributed by atoms with van der Waals surface area (Å²) in [5.41, 5.74) is 0. The van der Waals surface area contributed by atoms with Gasteiger partial charge in [0, 0.05) is 12.8 Å². The van der Waals surface area contributed by atoms with Crippen LogP contribution in [0.3, 0.4) is 0 Å². The van der Waals surface area contributed by atoms with Crippen LogP contribution in [-0.4, -0.2) is 47.4 Å². The number of amides is 1. The Bertz CT molecular complexity index is 772. The third kappa shape index (κ3) is 38.3. The first kappa shape index (κ1) is 50.6. The quantitative estimate of drug-likeness (QED) is 0.0329. The fourth-order valence-electron chi connectivity index (χ4n) is 6.98. The number of hydrogen-bond acceptors (Lipinski definition) is 5. The molecule has 6 heteroatoms. The van der Waals surface area contributed by atoms with Crippen LogP contribution < -0.4 is 5.32 Å². The van der Waals surface area contributed by atoms with Crippen LogP contribution in [0.25, 0.3) is 0 Å². The van der Waals surface area contributed by atoms with Crippen molar-refractivity contribution in [2.45, 2.75) is 257 Å². The van der Waals surface area contributed by atoms with Crippen LogP contribution in [0.2, 0.25) is 0 Å². The lowest BCUT2D eigenvalue weighted by Crippen LogP contribution is -2.45. The molecule has 0 heterocycles. The number of esters is 1. The van der Waals surface area contributed by atoms with Gasteiger partial charge in [0.1, 0.15) is 0 Å². The highest BCUT2D eigenvalue weighted by Crippen LogP contribution is 2.15. The molecule has 2 unspecified atom stereocenters. The van der Waals surface area contributed by atoms with Crippen molar-refractivity contribution < 1.29 is 24.5 Å². The van der Waals surface area contributed by atoms with Crippen LogP contribution in [0.15, 0.2) is 12.2 Å². The number of ether oxygens (including phenoxy) is 1. The van der Waals surface area contributed by atoms with E-state index in [4.69, 9.17) is 4.74 Å². The van der Waals surface area contributed by atoms with Crippen LogP contribution in [0, 0.1) is 0 Å². The van der Waals surface area contributed by atoms with Gasteiger partial charge in [-0.1, -0.05) is 212 Å². The Kier molecular flexibility index (Phi) is 41.2. The van der Waals surface area contributed by atoms with Crippen molar-refractivity contribution in [2.75, 3.05) is 13.2 Å².